The number of aromatic nitrogens is 3. The lowest BCUT2D eigenvalue weighted by Crippen LogP contribution is -2.39. The summed E-state index contributed by atoms with van der Waals surface area (Å²) in [5.41, 5.74) is 1.97. The SMILES string of the molecule is O=C(Cc1csc(-c2ccccc2)n1)N1CCC(c2ncc[nH]2)CC1. The van der Waals surface area contributed by atoms with Crippen molar-refractivity contribution in [3.05, 3.63) is 59.6 Å². The largest absolute Gasteiger partial charge is 0.348 e. The number of carbonyl (C=O) groups is 1. The molecule has 3 aromatic rings. The number of imidazole rings is 1. The Bertz CT molecular complexity index is 820. The molecule has 1 aliphatic heterocycles. The lowest BCUT2D eigenvalue weighted by Gasteiger charge is -2.31. The predicted molar refractivity (Wildman–Crippen MR) is 98.4 cm³/mol. The Morgan fingerprint density at radius 3 is 2.76 bits per heavy atom. The molecule has 128 valence electrons. The fourth-order valence-electron chi connectivity index (χ4n) is 3.27. The summed E-state index contributed by atoms with van der Waals surface area (Å²) in [5.74, 6) is 1.64. The highest BCUT2D eigenvalue weighted by Crippen LogP contribution is 2.27. The van der Waals surface area contributed by atoms with Gasteiger partial charge in [0.1, 0.15) is 10.8 Å². The average molecular weight is 352 g/mol. The summed E-state index contributed by atoms with van der Waals surface area (Å²) in [5, 5.41) is 2.97. The van der Waals surface area contributed by atoms with E-state index < -0.39 is 0 Å². The molecule has 3 heterocycles. The van der Waals surface area contributed by atoms with Gasteiger partial charge in [0.05, 0.1) is 12.1 Å². The number of nitrogens with one attached hydrogen (secondary N) is 1. The highest BCUT2D eigenvalue weighted by Gasteiger charge is 2.25. The Hall–Kier alpha value is -2.47. The van der Waals surface area contributed by atoms with Crippen LogP contribution in [0.1, 0.15) is 30.3 Å². The molecule has 2 aromatic heterocycles. The number of rotatable bonds is 4. The lowest BCUT2D eigenvalue weighted by molar-refractivity contribution is -0.131. The third-order valence-corrected chi connectivity index (χ3v) is 5.60. The molecule has 0 bridgehead atoms. The van der Waals surface area contributed by atoms with Crippen LogP contribution < -0.4 is 0 Å². The van der Waals surface area contributed by atoms with Gasteiger partial charge in [-0.25, -0.2) is 9.97 Å². The molecular weight excluding hydrogens is 332 g/mol. The Morgan fingerprint density at radius 2 is 2.04 bits per heavy atom. The third kappa shape index (κ3) is 3.64. The van der Waals surface area contributed by atoms with Crippen molar-refractivity contribution >= 4 is 17.2 Å². The van der Waals surface area contributed by atoms with Gasteiger partial charge >= 0.3 is 0 Å². The Morgan fingerprint density at radius 1 is 1.24 bits per heavy atom. The van der Waals surface area contributed by atoms with Gasteiger partial charge in [0, 0.05) is 42.3 Å². The van der Waals surface area contributed by atoms with Crippen molar-refractivity contribution < 1.29 is 4.79 Å². The van der Waals surface area contributed by atoms with E-state index in [1.807, 2.05) is 46.8 Å². The monoisotopic (exact) mass is 352 g/mol. The maximum Gasteiger partial charge on any atom is 0.228 e. The summed E-state index contributed by atoms with van der Waals surface area (Å²) in [7, 11) is 0. The number of carbonyl (C=O) groups excluding carboxylic acids is 1. The van der Waals surface area contributed by atoms with Gasteiger partial charge in [0.2, 0.25) is 5.91 Å². The molecule has 0 spiro atoms. The number of nitrogens with zero attached hydrogens (tertiary/aromatic N) is 3. The maximum atomic E-state index is 12.6. The van der Waals surface area contributed by atoms with E-state index in [9.17, 15) is 4.79 Å². The van der Waals surface area contributed by atoms with E-state index in [4.69, 9.17) is 0 Å². The number of hydrogen-bond acceptors (Lipinski definition) is 4. The molecule has 4 rings (SSSR count). The van der Waals surface area contributed by atoms with Gasteiger partial charge < -0.3 is 9.88 Å². The van der Waals surface area contributed by atoms with Crippen LogP contribution in [0.15, 0.2) is 48.1 Å². The molecule has 0 radical (unpaired) electrons. The molecule has 6 heteroatoms. The van der Waals surface area contributed by atoms with E-state index in [-0.39, 0.29) is 5.91 Å². The summed E-state index contributed by atoms with van der Waals surface area (Å²) in [6.45, 7) is 1.58. The number of hydrogen-bond donors (Lipinski definition) is 1. The summed E-state index contributed by atoms with van der Waals surface area (Å²) >= 11 is 1.60. The van der Waals surface area contributed by atoms with Gasteiger partial charge in [-0.05, 0) is 12.8 Å². The second kappa shape index (κ2) is 7.19. The smallest absolute Gasteiger partial charge is 0.228 e. The zero-order valence-corrected chi connectivity index (χ0v) is 14.7. The first-order chi connectivity index (χ1) is 12.3. The summed E-state index contributed by atoms with van der Waals surface area (Å²) in [6, 6.07) is 10.1. The summed E-state index contributed by atoms with van der Waals surface area (Å²) < 4.78 is 0. The number of piperidine rings is 1. The van der Waals surface area contributed by atoms with Crippen LogP contribution in [0.5, 0.6) is 0 Å². The van der Waals surface area contributed by atoms with Gasteiger partial charge in [0.15, 0.2) is 0 Å². The topological polar surface area (TPSA) is 61.9 Å². The van der Waals surface area contributed by atoms with E-state index in [2.05, 4.69) is 15.0 Å². The van der Waals surface area contributed by atoms with Crippen molar-refractivity contribution in [2.75, 3.05) is 13.1 Å². The van der Waals surface area contributed by atoms with Crippen LogP contribution in [0.2, 0.25) is 0 Å². The van der Waals surface area contributed by atoms with Gasteiger partial charge in [-0.15, -0.1) is 11.3 Å². The number of aromatic amines is 1. The predicted octanol–water partition coefficient (Wildman–Crippen LogP) is 3.48. The van der Waals surface area contributed by atoms with Crippen LogP contribution in [0.4, 0.5) is 0 Å². The first-order valence-corrected chi connectivity index (χ1v) is 9.44. The zero-order valence-electron chi connectivity index (χ0n) is 13.9. The standard InChI is InChI=1S/C19H20N4OS/c24-17(23-10-6-14(7-11-23)18-20-8-9-21-18)12-16-13-25-19(22-16)15-4-2-1-3-5-15/h1-5,8-9,13-14H,6-7,10-12H2,(H,20,21). The minimum Gasteiger partial charge on any atom is -0.348 e. The summed E-state index contributed by atoms with van der Waals surface area (Å²) in [6.07, 6.45) is 5.96. The second-order valence-electron chi connectivity index (χ2n) is 6.32. The Balaban J connectivity index is 1.34. The summed E-state index contributed by atoms with van der Waals surface area (Å²) in [4.78, 5) is 26.7. The van der Waals surface area contributed by atoms with Crippen LogP contribution in [0.3, 0.4) is 0 Å². The number of amides is 1. The van der Waals surface area contributed by atoms with Gasteiger partial charge in [-0.1, -0.05) is 30.3 Å². The van der Waals surface area contributed by atoms with E-state index >= 15 is 0 Å². The van der Waals surface area contributed by atoms with E-state index in [0.29, 0.717) is 12.3 Å². The normalized spacial score (nSPS) is 15.4. The minimum absolute atomic E-state index is 0.169. The van der Waals surface area contributed by atoms with E-state index in [0.717, 1.165) is 48.0 Å². The van der Waals surface area contributed by atoms with Crippen LogP contribution in [-0.4, -0.2) is 38.8 Å². The molecule has 0 saturated carbocycles. The van der Waals surface area contributed by atoms with Crippen LogP contribution in [0.25, 0.3) is 10.6 Å². The molecule has 1 fully saturated rings. The van der Waals surface area contributed by atoms with Gasteiger partial charge in [-0.2, -0.15) is 0 Å². The number of benzene rings is 1. The van der Waals surface area contributed by atoms with E-state index in [1.165, 1.54) is 0 Å². The molecule has 5 nitrogen and oxygen atoms in total. The van der Waals surface area contributed by atoms with Crippen LogP contribution in [0, 0.1) is 0 Å². The molecule has 1 aliphatic rings. The molecule has 1 saturated heterocycles. The molecule has 1 amide bonds. The number of likely N-dealkylation sites (tertiary alicyclic amines) is 1. The van der Waals surface area contributed by atoms with Crippen molar-refractivity contribution in [3.63, 3.8) is 0 Å². The average Bonchev–Trinajstić information content (AvgIpc) is 3.35. The fourth-order valence-corrected chi connectivity index (χ4v) is 4.10. The Kier molecular flexibility index (Phi) is 4.61. The maximum absolute atomic E-state index is 12.6. The highest BCUT2D eigenvalue weighted by atomic mass is 32.1. The van der Waals surface area contributed by atoms with Gasteiger partial charge in [-0.3, -0.25) is 4.79 Å². The molecular formula is C19H20N4OS. The highest BCUT2D eigenvalue weighted by molar-refractivity contribution is 7.13. The Labute approximate surface area is 150 Å². The third-order valence-electron chi connectivity index (χ3n) is 4.66. The van der Waals surface area contributed by atoms with Crippen molar-refractivity contribution in [3.8, 4) is 10.6 Å². The van der Waals surface area contributed by atoms with Crippen molar-refractivity contribution in [1.82, 2.24) is 19.9 Å². The van der Waals surface area contributed by atoms with E-state index in [1.54, 1.807) is 17.5 Å². The molecule has 0 unspecified atom stereocenters. The zero-order chi connectivity index (χ0) is 17.1. The number of H-pyrrole nitrogens is 1. The van der Waals surface area contributed by atoms with Crippen molar-refractivity contribution in [2.45, 2.75) is 25.2 Å². The first-order valence-electron chi connectivity index (χ1n) is 8.56. The number of thiazole rings is 1. The molecule has 0 aliphatic carbocycles. The minimum atomic E-state index is 0.169. The van der Waals surface area contributed by atoms with Gasteiger partial charge in [0.25, 0.3) is 0 Å². The molecule has 1 N–H and O–H groups in total. The molecule has 0 atom stereocenters. The quantitative estimate of drug-likeness (QED) is 0.782. The van der Waals surface area contributed by atoms with Crippen molar-refractivity contribution in [1.29, 1.82) is 0 Å². The fraction of sp³-hybridized carbons (Fsp3) is 0.316. The van der Waals surface area contributed by atoms with Crippen molar-refractivity contribution in [2.24, 2.45) is 0 Å². The molecule has 1 aromatic carbocycles. The lowest BCUT2D eigenvalue weighted by atomic mass is 9.96. The molecule has 25 heavy (non-hydrogen) atoms. The second-order valence-corrected chi connectivity index (χ2v) is 7.17. The van der Waals surface area contributed by atoms with Crippen LogP contribution >= 0.6 is 11.3 Å². The first kappa shape index (κ1) is 16.0. The van der Waals surface area contributed by atoms with Crippen LogP contribution in [-0.2, 0) is 11.2 Å².